The van der Waals surface area contributed by atoms with Crippen LogP contribution in [0, 0.1) is 5.92 Å². The van der Waals surface area contributed by atoms with Gasteiger partial charge < -0.3 is 10.5 Å². The molecule has 0 aliphatic heterocycles. The molecule has 0 spiro atoms. The van der Waals surface area contributed by atoms with Crippen LogP contribution in [0.15, 0.2) is 18.2 Å². The maximum Gasteiger partial charge on any atom is 0.142 e. The molecular formula is C16H25NO. The van der Waals surface area contributed by atoms with Crippen LogP contribution < -0.4 is 10.5 Å². The first-order chi connectivity index (χ1) is 8.74. The summed E-state index contributed by atoms with van der Waals surface area (Å²) in [4.78, 5) is 0. The zero-order valence-electron chi connectivity index (χ0n) is 11.6. The predicted molar refractivity (Wildman–Crippen MR) is 76.9 cm³/mol. The van der Waals surface area contributed by atoms with E-state index in [0.29, 0.717) is 12.0 Å². The van der Waals surface area contributed by atoms with Crippen LogP contribution in [0.3, 0.4) is 0 Å². The quantitative estimate of drug-likeness (QED) is 0.810. The zero-order valence-corrected chi connectivity index (χ0v) is 11.6. The number of aryl methyl sites for hydroxylation is 1. The molecule has 2 rings (SSSR count). The number of benzene rings is 1. The van der Waals surface area contributed by atoms with E-state index in [2.05, 4.69) is 19.9 Å². The van der Waals surface area contributed by atoms with Crippen LogP contribution in [0.5, 0.6) is 5.75 Å². The summed E-state index contributed by atoms with van der Waals surface area (Å²) in [6.45, 7) is 4.40. The second-order valence-corrected chi connectivity index (χ2v) is 5.33. The lowest BCUT2D eigenvalue weighted by molar-refractivity contribution is 0.0911. The molecule has 1 aromatic carbocycles. The van der Waals surface area contributed by atoms with E-state index >= 15 is 0 Å². The monoisotopic (exact) mass is 247 g/mol. The molecule has 0 amide bonds. The van der Waals surface area contributed by atoms with Crippen molar-refractivity contribution in [2.75, 3.05) is 5.73 Å². The van der Waals surface area contributed by atoms with Gasteiger partial charge in [-0.2, -0.15) is 0 Å². The van der Waals surface area contributed by atoms with E-state index in [4.69, 9.17) is 10.5 Å². The summed E-state index contributed by atoms with van der Waals surface area (Å²) in [5, 5.41) is 0. The number of ether oxygens (including phenoxy) is 1. The summed E-state index contributed by atoms with van der Waals surface area (Å²) in [6, 6.07) is 6.20. The highest BCUT2D eigenvalue weighted by molar-refractivity contribution is 5.54. The molecule has 1 saturated carbocycles. The normalized spacial score (nSPS) is 23.9. The molecule has 1 fully saturated rings. The molecule has 1 aliphatic carbocycles. The molecule has 18 heavy (non-hydrogen) atoms. The molecule has 1 aliphatic rings. The SMILES string of the molecule is CCc1ccc(OC2CCCCC2CC)c(N)c1. The number of nitrogens with two attached hydrogens (primary N) is 1. The minimum absolute atomic E-state index is 0.360. The van der Waals surface area contributed by atoms with Crippen LogP contribution in [0.25, 0.3) is 0 Å². The van der Waals surface area contributed by atoms with Crippen molar-refractivity contribution >= 4 is 5.69 Å². The molecule has 0 saturated heterocycles. The van der Waals surface area contributed by atoms with Crippen LogP contribution in [0.2, 0.25) is 0 Å². The highest BCUT2D eigenvalue weighted by Gasteiger charge is 2.25. The van der Waals surface area contributed by atoms with Crippen LogP contribution in [0.1, 0.15) is 51.5 Å². The standard InChI is InChI=1S/C16H25NO/c1-3-12-9-10-16(14(17)11-12)18-15-8-6-5-7-13(15)4-2/h9-11,13,15H,3-8,17H2,1-2H3. The third-order valence-corrected chi connectivity index (χ3v) is 4.12. The van der Waals surface area contributed by atoms with E-state index in [1.165, 1.54) is 37.7 Å². The first kappa shape index (κ1) is 13.3. The van der Waals surface area contributed by atoms with E-state index in [-0.39, 0.29) is 0 Å². The lowest BCUT2D eigenvalue weighted by Crippen LogP contribution is -2.30. The number of hydrogen-bond donors (Lipinski definition) is 1. The van der Waals surface area contributed by atoms with Crippen LogP contribution >= 0.6 is 0 Å². The minimum atomic E-state index is 0.360. The van der Waals surface area contributed by atoms with E-state index in [1.54, 1.807) is 0 Å². The van der Waals surface area contributed by atoms with Gasteiger partial charge in [-0.3, -0.25) is 0 Å². The van der Waals surface area contributed by atoms with Crippen molar-refractivity contribution in [2.45, 2.75) is 58.5 Å². The van der Waals surface area contributed by atoms with Gasteiger partial charge in [-0.25, -0.2) is 0 Å². The van der Waals surface area contributed by atoms with Crippen LogP contribution in [-0.2, 0) is 6.42 Å². The van der Waals surface area contributed by atoms with Crippen LogP contribution in [-0.4, -0.2) is 6.10 Å². The molecule has 100 valence electrons. The topological polar surface area (TPSA) is 35.2 Å². The Kier molecular flexibility index (Phi) is 4.51. The van der Waals surface area contributed by atoms with Gasteiger partial charge in [-0.05, 0) is 55.7 Å². The summed E-state index contributed by atoms with van der Waals surface area (Å²) >= 11 is 0. The van der Waals surface area contributed by atoms with Gasteiger partial charge in [0, 0.05) is 0 Å². The molecule has 1 aromatic rings. The van der Waals surface area contributed by atoms with Crippen LogP contribution in [0.4, 0.5) is 5.69 Å². The van der Waals surface area contributed by atoms with Gasteiger partial charge in [-0.15, -0.1) is 0 Å². The summed E-state index contributed by atoms with van der Waals surface area (Å²) < 4.78 is 6.16. The maximum atomic E-state index is 6.16. The molecule has 2 nitrogen and oxygen atoms in total. The van der Waals surface area contributed by atoms with Crippen molar-refractivity contribution in [3.63, 3.8) is 0 Å². The largest absolute Gasteiger partial charge is 0.488 e. The van der Waals surface area contributed by atoms with E-state index < -0.39 is 0 Å². The molecule has 0 bridgehead atoms. The lowest BCUT2D eigenvalue weighted by Gasteiger charge is -2.31. The Balaban J connectivity index is 2.07. The maximum absolute atomic E-state index is 6.16. The average Bonchev–Trinajstić information content (AvgIpc) is 2.41. The first-order valence-corrected chi connectivity index (χ1v) is 7.29. The lowest BCUT2D eigenvalue weighted by atomic mass is 9.85. The average molecular weight is 247 g/mol. The van der Waals surface area contributed by atoms with Gasteiger partial charge >= 0.3 is 0 Å². The summed E-state index contributed by atoms with van der Waals surface area (Å²) in [5.41, 5.74) is 8.14. The zero-order chi connectivity index (χ0) is 13.0. The molecule has 2 unspecified atom stereocenters. The highest BCUT2D eigenvalue weighted by atomic mass is 16.5. The fourth-order valence-electron chi connectivity index (χ4n) is 2.88. The molecule has 2 N–H and O–H groups in total. The second-order valence-electron chi connectivity index (χ2n) is 5.33. The third-order valence-electron chi connectivity index (χ3n) is 4.12. The Hall–Kier alpha value is -1.18. The third kappa shape index (κ3) is 2.98. The van der Waals surface area contributed by atoms with Crippen molar-refractivity contribution in [1.82, 2.24) is 0 Å². The molecule has 0 radical (unpaired) electrons. The predicted octanol–water partition coefficient (Wildman–Crippen LogP) is 4.18. The Morgan fingerprint density at radius 2 is 2.00 bits per heavy atom. The number of hydrogen-bond acceptors (Lipinski definition) is 2. The smallest absolute Gasteiger partial charge is 0.142 e. The van der Waals surface area contributed by atoms with Crippen molar-refractivity contribution in [1.29, 1.82) is 0 Å². The van der Waals surface area contributed by atoms with E-state index in [0.717, 1.165) is 17.9 Å². The highest BCUT2D eigenvalue weighted by Crippen LogP contribution is 2.32. The number of rotatable bonds is 4. The Morgan fingerprint density at radius 3 is 2.67 bits per heavy atom. The molecule has 0 aromatic heterocycles. The van der Waals surface area contributed by atoms with Gasteiger partial charge in [0.1, 0.15) is 11.9 Å². The van der Waals surface area contributed by atoms with E-state index in [9.17, 15) is 0 Å². The van der Waals surface area contributed by atoms with Crippen molar-refractivity contribution in [3.05, 3.63) is 23.8 Å². The van der Waals surface area contributed by atoms with Crippen molar-refractivity contribution in [2.24, 2.45) is 5.92 Å². The molecule has 2 atom stereocenters. The van der Waals surface area contributed by atoms with Gasteiger partial charge in [0.25, 0.3) is 0 Å². The summed E-state index contributed by atoms with van der Waals surface area (Å²) in [5.74, 6) is 1.57. The van der Waals surface area contributed by atoms with E-state index in [1.807, 2.05) is 12.1 Å². The number of anilines is 1. The fraction of sp³-hybridized carbons (Fsp3) is 0.625. The molecular weight excluding hydrogens is 222 g/mol. The fourth-order valence-corrected chi connectivity index (χ4v) is 2.88. The molecule has 0 heterocycles. The van der Waals surface area contributed by atoms with Gasteiger partial charge in [0.15, 0.2) is 0 Å². The van der Waals surface area contributed by atoms with Gasteiger partial charge in [0.05, 0.1) is 5.69 Å². The number of nitrogen functional groups attached to an aromatic ring is 1. The van der Waals surface area contributed by atoms with Gasteiger partial charge in [0.2, 0.25) is 0 Å². The summed E-state index contributed by atoms with van der Waals surface area (Å²) in [6.07, 6.45) is 7.69. The van der Waals surface area contributed by atoms with Gasteiger partial charge in [-0.1, -0.05) is 26.3 Å². The molecule has 2 heteroatoms. The summed E-state index contributed by atoms with van der Waals surface area (Å²) in [7, 11) is 0. The van der Waals surface area contributed by atoms with Crippen molar-refractivity contribution in [3.8, 4) is 5.75 Å². The Labute approximate surface area is 111 Å². The minimum Gasteiger partial charge on any atom is -0.488 e. The second kappa shape index (κ2) is 6.12. The first-order valence-electron chi connectivity index (χ1n) is 7.29. The van der Waals surface area contributed by atoms with Crippen molar-refractivity contribution < 1.29 is 4.74 Å². The Bertz CT molecular complexity index is 389. The Morgan fingerprint density at radius 1 is 1.22 bits per heavy atom.